The monoisotopic (exact) mass is 729 g/mol. The van der Waals surface area contributed by atoms with E-state index in [0.717, 1.165) is 6.42 Å². The number of allylic oxidation sites excluding steroid dienone is 1. The van der Waals surface area contributed by atoms with Gasteiger partial charge in [-0.2, -0.15) is 0 Å². The van der Waals surface area contributed by atoms with Crippen LogP contribution in [-0.4, -0.2) is 89.9 Å². The predicted octanol–water partition coefficient (Wildman–Crippen LogP) is 3.25. The standard InChI is InChI=1S/C35H44FN5O9S/c1-4-20-13-19(2)7-5-6-8-22-17-35(22,33(44)40-51(47,48)24-9-10-24)39-30(42)27-15-23(18-41(27)32(43)29(20)38-34(45)46)50-31-25-16-26(36)28(49-3)14-21(25)11-12-37-31/h6,8,11-12,14,16,19-20,22-24,27,29,38H,4-5,7,9-10,13,15,17-18H2,1-3H3,(H,39,42)(H,40,44)(H,45,46). The Bertz CT molecular complexity index is 1850. The Morgan fingerprint density at radius 1 is 1.20 bits per heavy atom. The van der Waals surface area contributed by atoms with E-state index >= 15 is 0 Å². The van der Waals surface area contributed by atoms with E-state index in [0.29, 0.717) is 42.9 Å². The smallest absolute Gasteiger partial charge is 0.405 e. The number of hydrogen-bond donors (Lipinski definition) is 4. The fraction of sp³-hybridized carbons (Fsp3) is 0.571. The van der Waals surface area contributed by atoms with E-state index in [1.165, 1.54) is 30.3 Å². The molecule has 1 aromatic carbocycles. The molecular weight excluding hydrogens is 685 g/mol. The summed E-state index contributed by atoms with van der Waals surface area (Å²) < 4.78 is 53.9. The quantitative estimate of drug-likeness (QED) is 0.293. The van der Waals surface area contributed by atoms with Crippen LogP contribution in [0.4, 0.5) is 9.18 Å². The summed E-state index contributed by atoms with van der Waals surface area (Å²) >= 11 is 0. The highest BCUT2D eigenvalue weighted by atomic mass is 32.2. The van der Waals surface area contributed by atoms with Crippen molar-refractivity contribution in [3.05, 3.63) is 42.4 Å². The van der Waals surface area contributed by atoms with Crippen LogP contribution < -0.4 is 24.8 Å². The van der Waals surface area contributed by atoms with Gasteiger partial charge >= 0.3 is 6.09 Å². The fourth-order valence-electron chi connectivity index (χ4n) is 7.40. The zero-order valence-corrected chi connectivity index (χ0v) is 29.6. The first-order chi connectivity index (χ1) is 24.3. The second-order valence-corrected chi connectivity index (χ2v) is 16.2. The second-order valence-electron chi connectivity index (χ2n) is 14.2. The van der Waals surface area contributed by atoms with Gasteiger partial charge in [0.05, 0.1) is 18.9 Å². The number of nitrogens with one attached hydrogen (secondary N) is 3. The van der Waals surface area contributed by atoms with Gasteiger partial charge in [0.2, 0.25) is 27.7 Å². The Labute approximate surface area is 295 Å². The van der Waals surface area contributed by atoms with E-state index in [-0.39, 0.29) is 36.9 Å². The number of hydrogen-bond acceptors (Lipinski definition) is 9. The third kappa shape index (κ3) is 7.60. The summed E-state index contributed by atoms with van der Waals surface area (Å²) in [4.78, 5) is 59.9. The molecule has 51 heavy (non-hydrogen) atoms. The van der Waals surface area contributed by atoms with Crippen LogP contribution in [0.3, 0.4) is 0 Å². The first-order valence-electron chi connectivity index (χ1n) is 17.4. The normalized spacial score (nSPS) is 29.9. The Balaban J connectivity index is 1.35. The molecule has 276 valence electrons. The number of carbonyl (C=O) groups is 4. The van der Waals surface area contributed by atoms with E-state index in [2.05, 4.69) is 20.3 Å². The minimum atomic E-state index is -3.93. The number of aromatic nitrogens is 1. The zero-order valence-electron chi connectivity index (χ0n) is 28.8. The Morgan fingerprint density at radius 3 is 2.65 bits per heavy atom. The fourth-order valence-corrected chi connectivity index (χ4v) is 8.77. The van der Waals surface area contributed by atoms with Gasteiger partial charge in [-0.3, -0.25) is 19.1 Å². The maximum absolute atomic E-state index is 14.8. The first-order valence-corrected chi connectivity index (χ1v) is 18.9. The van der Waals surface area contributed by atoms with Gasteiger partial charge in [0.1, 0.15) is 23.7 Å². The molecule has 2 aliphatic carbocycles. The van der Waals surface area contributed by atoms with Crippen molar-refractivity contribution in [2.24, 2.45) is 17.8 Å². The molecule has 0 spiro atoms. The van der Waals surface area contributed by atoms with E-state index in [9.17, 15) is 37.1 Å². The number of nitrogens with zero attached hydrogens (tertiary/aromatic N) is 2. The number of pyridine rings is 1. The topological polar surface area (TPSA) is 193 Å². The number of methoxy groups -OCH3 is 1. The minimum absolute atomic E-state index is 0.0292. The lowest BCUT2D eigenvalue weighted by Gasteiger charge is -2.33. The number of halogens is 1. The number of carbonyl (C=O) groups excluding carboxylic acids is 3. The van der Waals surface area contributed by atoms with Crippen LogP contribution in [0.2, 0.25) is 0 Å². The average Bonchev–Trinajstić information content (AvgIpc) is 4.01. The molecule has 0 bridgehead atoms. The van der Waals surface area contributed by atoms with Crippen LogP contribution >= 0.6 is 0 Å². The Hall–Kier alpha value is -4.47. The summed E-state index contributed by atoms with van der Waals surface area (Å²) in [5.74, 6) is -3.50. The Morgan fingerprint density at radius 2 is 1.96 bits per heavy atom. The highest BCUT2D eigenvalue weighted by Gasteiger charge is 2.62. The summed E-state index contributed by atoms with van der Waals surface area (Å²) in [5.41, 5.74) is -1.56. The van der Waals surface area contributed by atoms with Crippen LogP contribution in [0, 0.1) is 23.6 Å². The third-order valence-corrected chi connectivity index (χ3v) is 12.4. The van der Waals surface area contributed by atoms with Crippen LogP contribution in [0.1, 0.15) is 65.2 Å². The van der Waals surface area contributed by atoms with Crippen LogP contribution in [0.15, 0.2) is 36.5 Å². The van der Waals surface area contributed by atoms with Gasteiger partial charge < -0.3 is 30.1 Å². The van der Waals surface area contributed by atoms with Crippen molar-refractivity contribution in [1.82, 2.24) is 25.2 Å². The molecule has 3 heterocycles. The van der Waals surface area contributed by atoms with Crippen molar-refractivity contribution < 1.29 is 46.6 Å². The summed E-state index contributed by atoms with van der Waals surface area (Å²) in [5, 5.41) is 15.3. The molecule has 4 aliphatic rings. The number of sulfonamides is 1. The molecular formula is C35H44FN5O9S. The molecule has 1 aromatic heterocycles. The van der Waals surface area contributed by atoms with Gasteiger partial charge in [-0.15, -0.1) is 0 Å². The number of ether oxygens (including phenoxy) is 2. The highest BCUT2D eigenvalue weighted by Crippen LogP contribution is 2.46. The van der Waals surface area contributed by atoms with Crippen LogP contribution in [-0.2, 0) is 24.4 Å². The second kappa shape index (κ2) is 14.3. The summed E-state index contributed by atoms with van der Waals surface area (Å²) in [6.45, 7) is 3.76. The molecule has 7 atom stereocenters. The lowest BCUT2D eigenvalue weighted by Crippen LogP contribution is -2.59. The molecule has 3 fully saturated rings. The van der Waals surface area contributed by atoms with Crippen LogP contribution in [0.25, 0.3) is 10.8 Å². The highest BCUT2D eigenvalue weighted by molar-refractivity contribution is 7.91. The zero-order chi connectivity index (χ0) is 36.7. The number of carboxylic acid groups (broad SMARTS) is 1. The maximum Gasteiger partial charge on any atom is 0.405 e. The largest absolute Gasteiger partial charge is 0.494 e. The molecule has 2 aromatic rings. The van der Waals surface area contributed by atoms with E-state index in [1.54, 1.807) is 6.07 Å². The molecule has 2 aliphatic heterocycles. The van der Waals surface area contributed by atoms with E-state index < -0.39 is 80.5 Å². The van der Waals surface area contributed by atoms with Crippen molar-refractivity contribution in [3.63, 3.8) is 0 Å². The van der Waals surface area contributed by atoms with Crippen molar-refractivity contribution in [2.75, 3.05) is 13.7 Å². The number of amides is 4. The van der Waals surface area contributed by atoms with E-state index in [1.807, 2.05) is 26.0 Å². The third-order valence-electron chi connectivity index (χ3n) is 10.5. The predicted molar refractivity (Wildman–Crippen MR) is 183 cm³/mol. The molecule has 2 saturated carbocycles. The number of rotatable bonds is 8. The van der Waals surface area contributed by atoms with Crippen molar-refractivity contribution in [1.29, 1.82) is 0 Å². The maximum atomic E-state index is 14.8. The summed E-state index contributed by atoms with van der Waals surface area (Å²) in [6.07, 6.45) is 6.34. The van der Waals surface area contributed by atoms with Crippen LogP contribution in [0.5, 0.6) is 11.6 Å². The van der Waals surface area contributed by atoms with Gasteiger partial charge in [-0.1, -0.05) is 32.4 Å². The molecule has 16 heteroatoms. The molecule has 0 radical (unpaired) electrons. The molecule has 7 unspecified atom stereocenters. The van der Waals surface area contributed by atoms with Crippen molar-refractivity contribution in [2.45, 2.75) is 94.2 Å². The molecule has 4 N–H and O–H groups in total. The number of fused-ring (bicyclic) bond motifs is 3. The van der Waals surface area contributed by atoms with Crippen molar-refractivity contribution >= 4 is 44.6 Å². The molecule has 1 saturated heterocycles. The van der Waals surface area contributed by atoms with Crippen molar-refractivity contribution in [3.8, 4) is 11.6 Å². The lowest BCUT2D eigenvalue weighted by molar-refractivity contribution is -0.142. The molecule has 4 amide bonds. The van der Waals surface area contributed by atoms with Gasteiger partial charge in [0.15, 0.2) is 11.6 Å². The summed E-state index contributed by atoms with van der Waals surface area (Å²) in [6, 6.07) is 1.97. The Kier molecular flexibility index (Phi) is 10.2. The van der Waals surface area contributed by atoms with Gasteiger partial charge in [0, 0.05) is 23.9 Å². The molecule has 14 nitrogen and oxygen atoms in total. The first kappa shape index (κ1) is 36.3. The SMILES string of the molecule is CCC1CC(C)CCC=CC2CC2(C(=O)NS(=O)(=O)C2CC2)NC(=O)C2CC(Oc3nccc4cc(OC)c(F)cc34)CN2C(=O)C1NC(=O)O. The minimum Gasteiger partial charge on any atom is -0.494 e. The molecule has 6 rings (SSSR count). The number of benzene rings is 1. The summed E-state index contributed by atoms with van der Waals surface area (Å²) in [7, 11) is -2.58. The van der Waals surface area contributed by atoms with Gasteiger partial charge in [-0.05, 0) is 73.9 Å². The lowest BCUT2D eigenvalue weighted by atomic mass is 9.85. The van der Waals surface area contributed by atoms with Gasteiger partial charge in [0.25, 0.3) is 5.91 Å². The average molecular weight is 730 g/mol. The van der Waals surface area contributed by atoms with Gasteiger partial charge in [-0.25, -0.2) is 22.6 Å². The van der Waals surface area contributed by atoms with E-state index in [4.69, 9.17) is 9.47 Å².